The molecule has 0 spiro atoms. The van der Waals surface area contributed by atoms with Crippen LogP contribution in [-0.4, -0.2) is 13.4 Å². The van der Waals surface area contributed by atoms with Gasteiger partial charge in [-0.3, -0.25) is 4.79 Å². The summed E-state index contributed by atoms with van der Waals surface area (Å²) in [5, 5.41) is 0. The number of carbonyl (C=O) groups is 1. The topological polar surface area (TPSA) is 26.3 Å². The van der Waals surface area contributed by atoms with Crippen molar-refractivity contribution in [1.29, 1.82) is 0 Å². The molecule has 0 saturated heterocycles. The maximum Gasteiger partial charge on any atom is 0.145 e. The number of ether oxygens (including phenoxy) is 1. The predicted octanol–water partition coefficient (Wildman–Crippen LogP) is 0.345. The van der Waals surface area contributed by atoms with Gasteiger partial charge in [-0.25, -0.2) is 0 Å². The highest BCUT2D eigenvalue weighted by Crippen LogP contribution is 1.62. The highest BCUT2D eigenvalue weighted by Gasteiger charge is 1.56. The zero-order valence-electron chi connectivity index (χ0n) is 3.55. The van der Waals surface area contributed by atoms with Crippen molar-refractivity contribution in [2.75, 3.05) is 7.11 Å². The molecule has 0 aromatic rings. The van der Waals surface area contributed by atoms with Crippen LogP contribution < -0.4 is 0 Å². The summed E-state index contributed by atoms with van der Waals surface area (Å²) in [6, 6.07) is 0. The zero-order valence-corrected chi connectivity index (χ0v) is 3.55. The van der Waals surface area contributed by atoms with Crippen LogP contribution in [-0.2, 0) is 9.53 Å². The van der Waals surface area contributed by atoms with Crippen LogP contribution in [0.4, 0.5) is 0 Å². The van der Waals surface area contributed by atoms with Crippen molar-refractivity contribution in [2.24, 2.45) is 0 Å². The third-order valence-corrected chi connectivity index (χ3v) is 0.293. The van der Waals surface area contributed by atoms with Gasteiger partial charge in [-0.15, -0.1) is 0 Å². The van der Waals surface area contributed by atoms with Crippen LogP contribution in [0.25, 0.3) is 0 Å². The predicted molar refractivity (Wildman–Crippen MR) is 22.2 cm³/mol. The maximum atomic E-state index is 9.40. The fourth-order valence-electron chi connectivity index (χ4n) is 0.111. The van der Waals surface area contributed by atoms with Gasteiger partial charge < -0.3 is 4.74 Å². The highest BCUT2D eigenvalue weighted by molar-refractivity contribution is 5.64. The molecule has 0 rings (SSSR count). The Balaban J connectivity index is 2.94. The lowest BCUT2D eigenvalue weighted by Crippen LogP contribution is -1.63. The molecule has 2 heteroatoms. The maximum absolute atomic E-state index is 9.40. The average Bonchev–Trinajstić information content (AvgIpc) is 1.61. The lowest BCUT2D eigenvalue weighted by Gasteiger charge is -1.76. The number of hydrogen-bond acceptors (Lipinski definition) is 2. The van der Waals surface area contributed by atoms with Crippen molar-refractivity contribution in [3.63, 3.8) is 0 Å². The molecule has 0 unspecified atom stereocenters. The van der Waals surface area contributed by atoms with Crippen molar-refractivity contribution in [3.05, 3.63) is 12.3 Å². The molecule has 6 heavy (non-hydrogen) atoms. The number of allylic oxidation sites excluding steroid dienone is 1. The van der Waals surface area contributed by atoms with Gasteiger partial charge in [0.15, 0.2) is 0 Å². The van der Waals surface area contributed by atoms with E-state index in [4.69, 9.17) is 0 Å². The fraction of sp³-hybridized carbons (Fsp3) is 0.250. The molecule has 0 saturated carbocycles. The normalized spacial score (nSPS) is 8.83. The Morgan fingerprint density at radius 2 is 2.33 bits per heavy atom. The van der Waals surface area contributed by atoms with Gasteiger partial charge in [-0.2, -0.15) is 0 Å². The summed E-state index contributed by atoms with van der Waals surface area (Å²) in [6.07, 6.45) is 3.25. The second-order valence-electron chi connectivity index (χ2n) is 0.700. The number of carbonyl (C=O) groups excluding carboxylic acids is 1. The average molecular weight is 86.1 g/mol. The Bertz CT molecular complexity index is 56.6. The van der Waals surface area contributed by atoms with E-state index in [0.717, 1.165) is 0 Å². The van der Waals surface area contributed by atoms with E-state index in [9.17, 15) is 4.79 Å². The first-order valence-electron chi connectivity index (χ1n) is 1.55. The molecule has 0 radical (unpaired) electrons. The summed E-state index contributed by atoms with van der Waals surface area (Å²) in [6.45, 7) is 0. The number of methoxy groups -OCH3 is 1. The van der Waals surface area contributed by atoms with Crippen molar-refractivity contribution in [2.45, 2.75) is 0 Å². The van der Waals surface area contributed by atoms with Crippen LogP contribution in [0.3, 0.4) is 0 Å². The molecule has 0 amide bonds. The molecule has 0 N–H and O–H groups in total. The van der Waals surface area contributed by atoms with E-state index >= 15 is 0 Å². The first-order valence-corrected chi connectivity index (χ1v) is 1.55. The first kappa shape index (κ1) is 5.21. The van der Waals surface area contributed by atoms with Crippen LogP contribution in [0.1, 0.15) is 0 Å². The highest BCUT2D eigenvalue weighted by atomic mass is 16.5. The molecule has 0 aliphatic carbocycles. The second-order valence-corrected chi connectivity index (χ2v) is 0.700. The molecular formula is C4H6O2. The monoisotopic (exact) mass is 86.0 g/mol. The van der Waals surface area contributed by atoms with Crippen LogP contribution >= 0.6 is 0 Å². The Hall–Kier alpha value is -0.790. The standard InChI is InChI=1S/C4H6O2/c1-6-4-2-3-5/h2-4H,1H3/b4-2+. The molecule has 0 heterocycles. The Morgan fingerprint density at radius 3 is 2.50 bits per heavy atom. The molecule has 0 aromatic heterocycles. The van der Waals surface area contributed by atoms with Crippen molar-refractivity contribution in [1.82, 2.24) is 0 Å². The van der Waals surface area contributed by atoms with Crippen LogP contribution in [0, 0.1) is 0 Å². The number of rotatable bonds is 2. The third kappa shape index (κ3) is 3.21. The van der Waals surface area contributed by atoms with Crippen molar-refractivity contribution in [3.8, 4) is 0 Å². The van der Waals surface area contributed by atoms with Crippen molar-refractivity contribution < 1.29 is 9.53 Å². The van der Waals surface area contributed by atoms with E-state index in [1.807, 2.05) is 0 Å². The van der Waals surface area contributed by atoms with Gasteiger partial charge in [0.25, 0.3) is 0 Å². The second kappa shape index (κ2) is 4.21. The molecule has 0 atom stereocenters. The summed E-state index contributed by atoms with van der Waals surface area (Å²) in [7, 11) is 1.49. The van der Waals surface area contributed by atoms with E-state index < -0.39 is 0 Å². The molecule has 0 aliphatic heterocycles. The Kier molecular flexibility index (Phi) is 3.66. The fourth-order valence-corrected chi connectivity index (χ4v) is 0.111. The van der Waals surface area contributed by atoms with Gasteiger partial charge in [-0.05, 0) is 0 Å². The van der Waals surface area contributed by atoms with Gasteiger partial charge in [0.2, 0.25) is 0 Å². The molecule has 0 bridgehead atoms. The quantitative estimate of drug-likeness (QED) is 0.275. The minimum atomic E-state index is 0.656. The summed E-state index contributed by atoms with van der Waals surface area (Å²) < 4.78 is 4.37. The molecule has 0 aliphatic rings. The van der Waals surface area contributed by atoms with Gasteiger partial charge in [0, 0.05) is 6.08 Å². The minimum Gasteiger partial charge on any atom is -0.504 e. The Labute approximate surface area is 36.4 Å². The van der Waals surface area contributed by atoms with Gasteiger partial charge in [0.05, 0.1) is 13.4 Å². The van der Waals surface area contributed by atoms with Crippen LogP contribution in [0.5, 0.6) is 0 Å². The lowest BCUT2D eigenvalue weighted by atomic mass is 10.7. The van der Waals surface area contributed by atoms with E-state index in [0.29, 0.717) is 6.29 Å². The largest absolute Gasteiger partial charge is 0.504 e. The molecular weight excluding hydrogens is 80.0 g/mol. The summed E-state index contributed by atoms with van der Waals surface area (Å²) in [4.78, 5) is 9.40. The summed E-state index contributed by atoms with van der Waals surface area (Å²) in [5.41, 5.74) is 0. The first-order chi connectivity index (χ1) is 2.91. The SMILES string of the molecule is CO/C=C/C=O. The van der Waals surface area contributed by atoms with Crippen LogP contribution in [0.2, 0.25) is 0 Å². The van der Waals surface area contributed by atoms with Gasteiger partial charge in [-0.1, -0.05) is 0 Å². The van der Waals surface area contributed by atoms with E-state index in [-0.39, 0.29) is 0 Å². The molecule has 0 fully saturated rings. The van der Waals surface area contributed by atoms with Crippen molar-refractivity contribution >= 4 is 6.29 Å². The third-order valence-electron chi connectivity index (χ3n) is 0.293. The van der Waals surface area contributed by atoms with E-state index in [1.165, 1.54) is 19.4 Å². The lowest BCUT2D eigenvalue weighted by molar-refractivity contribution is -0.104. The minimum absolute atomic E-state index is 0.656. The zero-order chi connectivity index (χ0) is 4.83. The molecule has 0 aromatic carbocycles. The number of hydrogen-bond donors (Lipinski definition) is 0. The molecule has 2 nitrogen and oxygen atoms in total. The smallest absolute Gasteiger partial charge is 0.145 e. The van der Waals surface area contributed by atoms with E-state index in [2.05, 4.69) is 4.74 Å². The van der Waals surface area contributed by atoms with Gasteiger partial charge >= 0.3 is 0 Å². The summed E-state index contributed by atoms with van der Waals surface area (Å²) >= 11 is 0. The number of aldehydes is 1. The summed E-state index contributed by atoms with van der Waals surface area (Å²) in [5.74, 6) is 0. The van der Waals surface area contributed by atoms with Gasteiger partial charge in [0.1, 0.15) is 6.29 Å². The van der Waals surface area contributed by atoms with Crippen LogP contribution in [0.15, 0.2) is 12.3 Å². The van der Waals surface area contributed by atoms with E-state index in [1.54, 1.807) is 0 Å². The molecule has 34 valence electrons. The Morgan fingerprint density at radius 1 is 1.67 bits per heavy atom.